The zero-order chi connectivity index (χ0) is 12.4. The maximum atomic E-state index is 12.3. The molecule has 1 N–H and O–H groups in total. The highest BCUT2D eigenvalue weighted by molar-refractivity contribution is 5.89. The topological polar surface area (TPSA) is 29.1 Å². The zero-order valence-corrected chi connectivity index (χ0v) is 11.6. The van der Waals surface area contributed by atoms with E-state index < -0.39 is 0 Å². The van der Waals surface area contributed by atoms with Gasteiger partial charge in [0.1, 0.15) is 0 Å². The van der Waals surface area contributed by atoms with Gasteiger partial charge in [-0.2, -0.15) is 0 Å². The van der Waals surface area contributed by atoms with Crippen LogP contribution in [0, 0.1) is 10.8 Å². The standard InChI is InChI=1S/C13H27NO/c1-9(2)14-10(12(3,4)5)11(15)13(6,7)8/h9-10,14H,1-8H3/t10-/m1/s1. The third kappa shape index (κ3) is 4.78. The van der Waals surface area contributed by atoms with E-state index in [4.69, 9.17) is 0 Å². The van der Waals surface area contributed by atoms with Crippen molar-refractivity contribution in [2.75, 3.05) is 0 Å². The summed E-state index contributed by atoms with van der Waals surface area (Å²) in [4.78, 5) is 12.3. The van der Waals surface area contributed by atoms with Gasteiger partial charge in [-0.05, 0) is 5.41 Å². The van der Waals surface area contributed by atoms with E-state index in [2.05, 4.69) is 39.9 Å². The molecule has 0 bridgehead atoms. The summed E-state index contributed by atoms with van der Waals surface area (Å²) in [6, 6.07) is 0.262. The second-order valence-electron chi connectivity index (χ2n) is 6.73. The molecule has 0 aliphatic heterocycles. The van der Waals surface area contributed by atoms with Crippen LogP contribution in [0.5, 0.6) is 0 Å². The van der Waals surface area contributed by atoms with E-state index >= 15 is 0 Å². The SMILES string of the molecule is CC(C)N[C@H](C(=O)C(C)(C)C)C(C)(C)C. The Hall–Kier alpha value is -0.370. The van der Waals surface area contributed by atoms with Gasteiger partial charge in [0.15, 0.2) is 5.78 Å². The van der Waals surface area contributed by atoms with Crippen molar-refractivity contribution >= 4 is 5.78 Å². The van der Waals surface area contributed by atoms with Gasteiger partial charge in [-0.25, -0.2) is 0 Å². The van der Waals surface area contributed by atoms with Crippen molar-refractivity contribution in [3.8, 4) is 0 Å². The number of Topliss-reactive ketones (excluding diaryl/α,β-unsaturated/α-hetero) is 1. The summed E-state index contributed by atoms with van der Waals surface area (Å²) in [5.41, 5.74) is -0.311. The molecule has 0 aliphatic carbocycles. The van der Waals surface area contributed by atoms with Crippen molar-refractivity contribution in [1.82, 2.24) is 5.32 Å². The van der Waals surface area contributed by atoms with Crippen LogP contribution in [0.4, 0.5) is 0 Å². The molecule has 0 aromatic rings. The summed E-state index contributed by atoms with van der Waals surface area (Å²) in [6.45, 7) is 16.4. The summed E-state index contributed by atoms with van der Waals surface area (Å²) >= 11 is 0. The Morgan fingerprint density at radius 3 is 1.60 bits per heavy atom. The normalized spacial score (nSPS) is 15.5. The molecule has 0 saturated carbocycles. The number of hydrogen-bond acceptors (Lipinski definition) is 2. The molecular formula is C13H27NO. The molecule has 0 fully saturated rings. The van der Waals surface area contributed by atoms with Crippen LogP contribution in [-0.4, -0.2) is 17.9 Å². The minimum Gasteiger partial charge on any atom is -0.305 e. The van der Waals surface area contributed by atoms with Crippen LogP contribution in [0.25, 0.3) is 0 Å². The summed E-state index contributed by atoms with van der Waals surface area (Å²) in [5, 5.41) is 3.38. The summed E-state index contributed by atoms with van der Waals surface area (Å²) < 4.78 is 0. The Morgan fingerprint density at radius 2 is 1.40 bits per heavy atom. The molecule has 0 aliphatic rings. The highest BCUT2D eigenvalue weighted by Crippen LogP contribution is 2.27. The maximum absolute atomic E-state index is 12.3. The van der Waals surface area contributed by atoms with E-state index in [1.54, 1.807) is 0 Å². The van der Waals surface area contributed by atoms with Crippen molar-refractivity contribution in [1.29, 1.82) is 0 Å². The first-order valence-electron chi connectivity index (χ1n) is 5.76. The molecule has 0 radical (unpaired) electrons. The first kappa shape index (κ1) is 14.6. The maximum Gasteiger partial charge on any atom is 0.155 e. The molecule has 0 rings (SSSR count). The number of nitrogens with one attached hydrogen (secondary N) is 1. The van der Waals surface area contributed by atoms with Crippen LogP contribution in [0.15, 0.2) is 0 Å². The van der Waals surface area contributed by atoms with Gasteiger partial charge in [-0.15, -0.1) is 0 Å². The number of ketones is 1. The zero-order valence-electron chi connectivity index (χ0n) is 11.6. The van der Waals surface area contributed by atoms with Gasteiger partial charge in [0.25, 0.3) is 0 Å². The van der Waals surface area contributed by atoms with Crippen molar-refractivity contribution in [3.05, 3.63) is 0 Å². The van der Waals surface area contributed by atoms with E-state index in [0.29, 0.717) is 11.8 Å². The van der Waals surface area contributed by atoms with Crippen LogP contribution in [0.1, 0.15) is 55.4 Å². The average Bonchev–Trinajstić information content (AvgIpc) is 1.94. The molecule has 0 aromatic carbocycles. The smallest absolute Gasteiger partial charge is 0.155 e. The molecule has 2 nitrogen and oxygen atoms in total. The lowest BCUT2D eigenvalue weighted by Gasteiger charge is -2.36. The molecule has 90 valence electrons. The first-order chi connectivity index (χ1) is 6.46. The van der Waals surface area contributed by atoms with Gasteiger partial charge in [0.05, 0.1) is 6.04 Å². The largest absolute Gasteiger partial charge is 0.305 e. The van der Waals surface area contributed by atoms with E-state index in [1.807, 2.05) is 20.8 Å². The molecule has 15 heavy (non-hydrogen) atoms. The molecule has 1 atom stereocenters. The number of rotatable bonds is 3. The highest BCUT2D eigenvalue weighted by atomic mass is 16.1. The number of carbonyl (C=O) groups is 1. The van der Waals surface area contributed by atoms with E-state index in [0.717, 1.165) is 0 Å². The molecule has 0 aromatic heterocycles. The fraction of sp³-hybridized carbons (Fsp3) is 0.923. The van der Waals surface area contributed by atoms with Gasteiger partial charge in [0, 0.05) is 11.5 Å². The fourth-order valence-electron chi connectivity index (χ4n) is 1.49. The second-order valence-corrected chi connectivity index (χ2v) is 6.73. The van der Waals surface area contributed by atoms with Crippen molar-refractivity contribution in [2.24, 2.45) is 10.8 Å². The van der Waals surface area contributed by atoms with Crippen LogP contribution < -0.4 is 5.32 Å². The molecule has 0 heterocycles. The van der Waals surface area contributed by atoms with Gasteiger partial charge in [-0.1, -0.05) is 55.4 Å². The fourth-order valence-corrected chi connectivity index (χ4v) is 1.49. The number of hydrogen-bond donors (Lipinski definition) is 1. The second kappa shape index (κ2) is 4.65. The van der Waals surface area contributed by atoms with Crippen LogP contribution >= 0.6 is 0 Å². The molecule has 0 spiro atoms. The third-order valence-electron chi connectivity index (χ3n) is 2.37. The average molecular weight is 213 g/mol. The van der Waals surface area contributed by atoms with Crippen LogP contribution in [-0.2, 0) is 4.79 Å². The minimum atomic E-state index is -0.278. The first-order valence-corrected chi connectivity index (χ1v) is 5.76. The Morgan fingerprint density at radius 1 is 1.00 bits per heavy atom. The minimum absolute atomic E-state index is 0.0331. The van der Waals surface area contributed by atoms with Gasteiger partial charge in [-0.3, -0.25) is 4.79 Å². The Bertz CT molecular complexity index is 218. The summed E-state index contributed by atoms with van der Waals surface area (Å²) in [7, 11) is 0. The van der Waals surface area contributed by atoms with E-state index in [-0.39, 0.29) is 16.9 Å². The van der Waals surface area contributed by atoms with Crippen molar-refractivity contribution < 1.29 is 4.79 Å². The lowest BCUT2D eigenvalue weighted by atomic mass is 9.75. The summed E-state index contributed by atoms with van der Waals surface area (Å²) in [6.07, 6.45) is 0. The monoisotopic (exact) mass is 213 g/mol. The van der Waals surface area contributed by atoms with Gasteiger partial charge in [0.2, 0.25) is 0 Å². The Labute approximate surface area is 94.8 Å². The van der Waals surface area contributed by atoms with Crippen LogP contribution in [0.2, 0.25) is 0 Å². The molecule has 2 heteroatoms. The lowest BCUT2D eigenvalue weighted by molar-refractivity contribution is -0.131. The molecule has 0 saturated heterocycles. The summed E-state index contributed by atoms with van der Waals surface area (Å²) in [5.74, 6) is 0.295. The Balaban J connectivity index is 4.89. The van der Waals surface area contributed by atoms with Crippen LogP contribution in [0.3, 0.4) is 0 Å². The third-order valence-corrected chi connectivity index (χ3v) is 2.37. The molecular weight excluding hydrogens is 186 g/mol. The number of carbonyl (C=O) groups excluding carboxylic acids is 1. The van der Waals surface area contributed by atoms with Crippen molar-refractivity contribution in [3.63, 3.8) is 0 Å². The van der Waals surface area contributed by atoms with E-state index in [1.165, 1.54) is 0 Å². The van der Waals surface area contributed by atoms with Crippen molar-refractivity contribution in [2.45, 2.75) is 67.5 Å². The van der Waals surface area contributed by atoms with E-state index in [9.17, 15) is 4.79 Å². The molecule has 0 amide bonds. The predicted molar refractivity (Wildman–Crippen MR) is 66.0 cm³/mol. The quantitative estimate of drug-likeness (QED) is 0.781. The molecule has 0 unspecified atom stereocenters. The van der Waals surface area contributed by atoms with Gasteiger partial charge >= 0.3 is 0 Å². The predicted octanol–water partition coefficient (Wildman–Crippen LogP) is 3.01. The highest BCUT2D eigenvalue weighted by Gasteiger charge is 2.37. The Kier molecular flexibility index (Phi) is 4.53. The lowest BCUT2D eigenvalue weighted by Crippen LogP contribution is -2.52. The van der Waals surface area contributed by atoms with Gasteiger partial charge < -0.3 is 5.32 Å².